The zero-order chi connectivity index (χ0) is 15.6. The quantitative estimate of drug-likeness (QED) is 0.725. The van der Waals surface area contributed by atoms with E-state index in [0.717, 1.165) is 10.8 Å². The van der Waals surface area contributed by atoms with E-state index in [0.29, 0.717) is 11.4 Å². The van der Waals surface area contributed by atoms with Gasteiger partial charge in [-0.2, -0.15) is 8.42 Å². The van der Waals surface area contributed by atoms with Crippen molar-refractivity contribution >= 4 is 32.5 Å². The van der Waals surface area contributed by atoms with Crippen LogP contribution in [0.2, 0.25) is 0 Å². The number of nitrogens with two attached hydrogens (primary N) is 1. The molecular weight excluding hydrogens is 300 g/mol. The minimum Gasteiger partial charge on any atom is -0.399 e. The Morgan fingerprint density at radius 3 is 2.27 bits per heavy atom. The van der Waals surface area contributed by atoms with E-state index < -0.39 is 10.3 Å². The predicted molar refractivity (Wildman–Crippen MR) is 88.0 cm³/mol. The molecule has 0 radical (unpaired) electrons. The van der Waals surface area contributed by atoms with Crippen LogP contribution >= 0.6 is 0 Å². The van der Waals surface area contributed by atoms with Crippen LogP contribution in [-0.4, -0.2) is 8.42 Å². The topological polar surface area (TPSA) is 81.4 Å². The van der Waals surface area contributed by atoms with Gasteiger partial charge in [-0.25, -0.2) is 0 Å². The summed E-state index contributed by atoms with van der Waals surface area (Å²) in [5.74, 6) is 0.197. The maximum absolute atomic E-state index is 12.0. The third-order valence-corrected chi connectivity index (χ3v) is 3.98. The second kappa shape index (κ2) is 5.57. The van der Waals surface area contributed by atoms with Crippen LogP contribution in [0.1, 0.15) is 0 Å². The summed E-state index contributed by atoms with van der Waals surface area (Å²) in [5, 5.41) is 1.97. The summed E-state index contributed by atoms with van der Waals surface area (Å²) < 4.78 is 31.4. The van der Waals surface area contributed by atoms with Crippen molar-refractivity contribution in [2.24, 2.45) is 0 Å². The predicted octanol–water partition coefficient (Wildman–Crippen LogP) is 3.16. The van der Waals surface area contributed by atoms with Gasteiger partial charge in [-0.05, 0) is 47.2 Å². The number of nitrogen functional groups attached to an aromatic ring is 1. The van der Waals surface area contributed by atoms with Gasteiger partial charge in [0.05, 0.1) is 5.69 Å². The van der Waals surface area contributed by atoms with Gasteiger partial charge >= 0.3 is 10.3 Å². The van der Waals surface area contributed by atoms with Crippen molar-refractivity contribution in [1.82, 2.24) is 0 Å². The van der Waals surface area contributed by atoms with Gasteiger partial charge in [0.1, 0.15) is 5.75 Å². The van der Waals surface area contributed by atoms with E-state index in [1.807, 2.05) is 30.3 Å². The van der Waals surface area contributed by atoms with Gasteiger partial charge in [0.2, 0.25) is 0 Å². The average molecular weight is 314 g/mol. The molecule has 112 valence electrons. The SMILES string of the molecule is Nc1ccc(OS(=O)(=O)Nc2ccc3ccccc3c2)cc1. The largest absolute Gasteiger partial charge is 0.407 e. The van der Waals surface area contributed by atoms with Crippen molar-refractivity contribution in [3.8, 4) is 5.75 Å². The molecule has 0 saturated heterocycles. The standard InChI is InChI=1S/C16H14N2O3S/c17-14-6-9-16(10-7-14)21-22(19,20)18-15-8-5-12-3-1-2-4-13(12)11-15/h1-11,18H,17H2. The second-order valence-corrected chi connectivity index (χ2v) is 6.05. The van der Waals surface area contributed by atoms with Crippen LogP contribution in [0.5, 0.6) is 5.75 Å². The van der Waals surface area contributed by atoms with Crippen LogP contribution in [-0.2, 0) is 10.3 Å². The lowest BCUT2D eigenvalue weighted by Gasteiger charge is -2.10. The molecule has 0 aliphatic rings. The molecular formula is C16H14N2O3S. The van der Waals surface area contributed by atoms with Crippen molar-refractivity contribution in [2.45, 2.75) is 0 Å². The molecule has 0 aliphatic heterocycles. The van der Waals surface area contributed by atoms with Crippen LogP contribution in [0.25, 0.3) is 10.8 Å². The normalized spacial score (nSPS) is 11.3. The highest BCUT2D eigenvalue weighted by atomic mass is 32.2. The third-order valence-electron chi connectivity index (χ3n) is 3.08. The molecule has 0 saturated carbocycles. The van der Waals surface area contributed by atoms with E-state index in [2.05, 4.69) is 4.72 Å². The van der Waals surface area contributed by atoms with Gasteiger partial charge in [0.15, 0.2) is 0 Å². The molecule has 0 bridgehead atoms. The Morgan fingerprint density at radius 2 is 1.55 bits per heavy atom. The average Bonchev–Trinajstić information content (AvgIpc) is 2.49. The minimum atomic E-state index is -3.96. The Bertz CT molecular complexity index is 906. The molecule has 0 unspecified atom stereocenters. The first-order valence-electron chi connectivity index (χ1n) is 6.58. The van der Waals surface area contributed by atoms with Gasteiger partial charge in [-0.3, -0.25) is 4.72 Å². The van der Waals surface area contributed by atoms with E-state index in [1.165, 1.54) is 12.1 Å². The molecule has 6 heteroatoms. The van der Waals surface area contributed by atoms with E-state index in [-0.39, 0.29) is 5.75 Å². The van der Waals surface area contributed by atoms with Crippen LogP contribution in [0.3, 0.4) is 0 Å². The molecule has 0 heterocycles. The van der Waals surface area contributed by atoms with Crippen molar-refractivity contribution in [3.05, 3.63) is 66.7 Å². The Hall–Kier alpha value is -2.73. The molecule has 3 aromatic carbocycles. The fourth-order valence-corrected chi connectivity index (χ4v) is 2.89. The highest BCUT2D eigenvalue weighted by molar-refractivity contribution is 7.88. The molecule has 3 rings (SSSR count). The molecule has 0 fully saturated rings. The summed E-state index contributed by atoms with van der Waals surface area (Å²) in [7, 11) is -3.96. The number of fused-ring (bicyclic) bond motifs is 1. The smallest absolute Gasteiger partial charge is 0.399 e. The summed E-state index contributed by atoms with van der Waals surface area (Å²) in [6.45, 7) is 0. The van der Waals surface area contributed by atoms with E-state index in [4.69, 9.17) is 9.92 Å². The molecule has 0 amide bonds. The van der Waals surface area contributed by atoms with Crippen molar-refractivity contribution in [1.29, 1.82) is 0 Å². The molecule has 0 atom stereocenters. The number of benzene rings is 3. The fourth-order valence-electron chi connectivity index (χ4n) is 2.07. The van der Waals surface area contributed by atoms with Gasteiger partial charge in [0.25, 0.3) is 0 Å². The zero-order valence-electron chi connectivity index (χ0n) is 11.6. The van der Waals surface area contributed by atoms with Gasteiger partial charge in [0, 0.05) is 5.69 Å². The fraction of sp³-hybridized carbons (Fsp3) is 0. The Labute approximate surface area is 128 Å². The van der Waals surface area contributed by atoms with Crippen LogP contribution in [0, 0.1) is 0 Å². The van der Waals surface area contributed by atoms with Crippen molar-refractivity contribution in [3.63, 3.8) is 0 Å². The Kier molecular flexibility index (Phi) is 3.60. The minimum absolute atomic E-state index is 0.197. The summed E-state index contributed by atoms with van der Waals surface area (Å²) in [6, 6.07) is 19.1. The summed E-state index contributed by atoms with van der Waals surface area (Å²) in [4.78, 5) is 0. The molecule has 22 heavy (non-hydrogen) atoms. The number of hydrogen-bond acceptors (Lipinski definition) is 4. The third kappa shape index (κ3) is 3.29. The van der Waals surface area contributed by atoms with Gasteiger partial charge < -0.3 is 9.92 Å². The van der Waals surface area contributed by atoms with Crippen LogP contribution < -0.4 is 14.6 Å². The Balaban J connectivity index is 1.81. The molecule has 3 aromatic rings. The number of anilines is 2. The number of nitrogens with one attached hydrogen (secondary N) is 1. The van der Waals surface area contributed by atoms with Crippen molar-refractivity contribution in [2.75, 3.05) is 10.5 Å². The lowest BCUT2D eigenvalue weighted by molar-refractivity contribution is 0.492. The highest BCUT2D eigenvalue weighted by Crippen LogP contribution is 2.21. The second-order valence-electron chi connectivity index (χ2n) is 4.77. The van der Waals surface area contributed by atoms with E-state index in [1.54, 1.807) is 24.3 Å². The Morgan fingerprint density at radius 1 is 0.864 bits per heavy atom. The lowest BCUT2D eigenvalue weighted by Crippen LogP contribution is -2.19. The first-order valence-corrected chi connectivity index (χ1v) is 7.99. The maximum Gasteiger partial charge on any atom is 0.407 e. The lowest BCUT2D eigenvalue weighted by atomic mass is 10.1. The first-order chi connectivity index (χ1) is 10.5. The molecule has 0 aromatic heterocycles. The molecule has 0 spiro atoms. The van der Waals surface area contributed by atoms with E-state index in [9.17, 15) is 8.42 Å². The molecule has 5 nitrogen and oxygen atoms in total. The van der Waals surface area contributed by atoms with Gasteiger partial charge in [-0.1, -0.05) is 30.3 Å². The van der Waals surface area contributed by atoms with Crippen LogP contribution in [0.4, 0.5) is 11.4 Å². The first kappa shape index (κ1) is 14.2. The zero-order valence-corrected chi connectivity index (χ0v) is 12.4. The summed E-state index contributed by atoms with van der Waals surface area (Å²) in [5.41, 5.74) is 6.52. The monoisotopic (exact) mass is 314 g/mol. The summed E-state index contributed by atoms with van der Waals surface area (Å²) in [6.07, 6.45) is 0. The van der Waals surface area contributed by atoms with E-state index >= 15 is 0 Å². The molecule has 0 aliphatic carbocycles. The van der Waals surface area contributed by atoms with Crippen LogP contribution in [0.15, 0.2) is 66.7 Å². The molecule has 3 N–H and O–H groups in total. The highest BCUT2D eigenvalue weighted by Gasteiger charge is 2.12. The maximum atomic E-state index is 12.0. The van der Waals surface area contributed by atoms with Gasteiger partial charge in [-0.15, -0.1) is 0 Å². The number of hydrogen-bond donors (Lipinski definition) is 2. The van der Waals surface area contributed by atoms with Crippen molar-refractivity contribution < 1.29 is 12.6 Å². The summed E-state index contributed by atoms with van der Waals surface area (Å²) >= 11 is 0. The number of rotatable bonds is 4.